The van der Waals surface area contributed by atoms with Crippen molar-refractivity contribution < 1.29 is 17.9 Å². The van der Waals surface area contributed by atoms with Gasteiger partial charge in [-0.05, 0) is 31.5 Å². The Labute approximate surface area is 161 Å². The second-order valence-electron chi connectivity index (χ2n) is 6.63. The minimum atomic E-state index is -3.55. The van der Waals surface area contributed by atoms with Gasteiger partial charge in [-0.25, -0.2) is 8.42 Å². The van der Waals surface area contributed by atoms with E-state index in [9.17, 15) is 13.2 Å². The van der Waals surface area contributed by atoms with Crippen molar-refractivity contribution >= 4 is 15.9 Å². The summed E-state index contributed by atoms with van der Waals surface area (Å²) in [6, 6.07) is 15.2. The number of carbonyl (C=O) groups excluding carboxylic acids is 1. The quantitative estimate of drug-likeness (QED) is 0.751. The van der Waals surface area contributed by atoms with Gasteiger partial charge in [0.15, 0.2) is 0 Å². The third kappa shape index (κ3) is 6.08. The number of nitrogens with zero attached hydrogens (tertiary/aromatic N) is 1. The number of hydrogen-bond acceptors (Lipinski definition) is 4. The maximum absolute atomic E-state index is 12.8. The van der Waals surface area contributed by atoms with Crippen molar-refractivity contribution in [3.05, 3.63) is 65.7 Å². The van der Waals surface area contributed by atoms with Crippen LogP contribution in [0.2, 0.25) is 0 Å². The molecule has 2 rings (SSSR count). The number of nitrogens with one attached hydrogen (secondary N) is 1. The SMILES string of the molecule is Cc1ccc(OC[C@@H](C)NC(=O)[C@@H](c2ccccc2)N(C)S(C)(=O)=O)cc1. The predicted octanol–water partition coefficient (Wildman–Crippen LogP) is 2.51. The number of sulfonamides is 1. The van der Waals surface area contributed by atoms with E-state index < -0.39 is 22.0 Å². The Kier molecular flexibility index (Phi) is 6.98. The molecule has 2 atom stereocenters. The van der Waals surface area contributed by atoms with Crippen LogP contribution in [0.15, 0.2) is 54.6 Å². The minimum Gasteiger partial charge on any atom is -0.491 e. The Morgan fingerprint density at radius 1 is 1.11 bits per heavy atom. The van der Waals surface area contributed by atoms with Gasteiger partial charge in [-0.3, -0.25) is 4.79 Å². The molecule has 7 heteroatoms. The van der Waals surface area contributed by atoms with Gasteiger partial charge in [-0.2, -0.15) is 4.31 Å². The van der Waals surface area contributed by atoms with Gasteiger partial charge in [-0.15, -0.1) is 0 Å². The molecule has 2 aromatic rings. The molecule has 0 spiro atoms. The topological polar surface area (TPSA) is 75.7 Å². The Morgan fingerprint density at radius 3 is 2.26 bits per heavy atom. The summed E-state index contributed by atoms with van der Waals surface area (Å²) < 4.78 is 30.8. The molecule has 0 aliphatic carbocycles. The van der Waals surface area contributed by atoms with Crippen molar-refractivity contribution in [2.24, 2.45) is 0 Å². The van der Waals surface area contributed by atoms with Crippen LogP contribution < -0.4 is 10.1 Å². The van der Waals surface area contributed by atoms with Crippen LogP contribution in [-0.4, -0.2) is 44.6 Å². The van der Waals surface area contributed by atoms with E-state index in [0.717, 1.165) is 21.9 Å². The maximum atomic E-state index is 12.8. The minimum absolute atomic E-state index is 0.277. The number of hydrogen-bond donors (Lipinski definition) is 1. The van der Waals surface area contributed by atoms with Crippen LogP contribution >= 0.6 is 0 Å². The molecule has 146 valence electrons. The molecule has 0 saturated carbocycles. The van der Waals surface area contributed by atoms with Gasteiger partial charge in [-0.1, -0.05) is 48.0 Å². The van der Waals surface area contributed by atoms with Crippen molar-refractivity contribution in [3.8, 4) is 5.75 Å². The summed E-state index contributed by atoms with van der Waals surface area (Å²) in [5, 5.41) is 2.84. The monoisotopic (exact) mass is 390 g/mol. The van der Waals surface area contributed by atoms with E-state index in [1.54, 1.807) is 24.3 Å². The molecule has 0 radical (unpaired) electrons. The molecule has 6 nitrogen and oxygen atoms in total. The van der Waals surface area contributed by atoms with E-state index in [1.807, 2.05) is 44.2 Å². The van der Waals surface area contributed by atoms with Crippen LogP contribution in [0.25, 0.3) is 0 Å². The molecule has 0 aromatic heterocycles. The zero-order valence-corrected chi connectivity index (χ0v) is 16.9. The van der Waals surface area contributed by atoms with E-state index in [1.165, 1.54) is 7.05 Å². The first-order valence-corrected chi connectivity index (χ1v) is 10.5. The van der Waals surface area contributed by atoms with Gasteiger partial charge < -0.3 is 10.1 Å². The first-order valence-electron chi connectivity index (χ1n) is 8.66. The standard InChI is InChI=1S/C20H26N2O4S/c1-15-10-12-18(13-11-15)26-14-16(2)21-20(23)19(22(3)27(4,24)25)17-8-6-5-7-9-17/h5-13,16,19H,14H2,1-4H3,(H,21,23)/t16-,19-/m1/s1. The molecule has 0 heterocycles. The third-order valence-corrected chi connectivity index (χ3v) is 5.42. The first-order chi connectivity index (χ1) is 12.7. The lowest BCUT2D eigenvalue weighted by Crippen LogP contribution is -2.45. The van der Waals surface area contributed by atoms with E-state index in [4.69, 9.17) is 4.74 Å². The van der Waals surface area contributed by atoms with E-state index in [0.29, 0.717) is 5.56 Å². The van der Waals surface area contributed by atoms with Crippen molar-refractivity contribution in [2.45, 2.75) is 25.9 Å². The molecule has 0 aliphatic rings. The normalized spacial score (nSPS) is 13.8. The third-order valence-electron chi connectivity index (χ3n) is 4.16. The Morgan fingerprint density at radius 2 is 1.70 bits per heavy atom. The van der Waals surface area contributed by atoms with Crippen LogP contribution in [0.5, 0.6) is 5.75 Å². The lowest BCUT2D eigenvalue weighted by Gasteiger charge is -2.27. The summed E-state index contributed by atoms with van der Waals surface area (Å²) in [4.78, 5) is 12.8. The van der Waals surface area contributed by atoms with Gasteiger partial charge in [0.05, 0.1) is 12.3 Å². The number of amides is 1. The van der Waals surface area contributed by atoms with Crippen molar-refractivity contribution in [1.29, 1.82) is 0 Å². The van der Waals surface area contributed by atoms with E-state index in [2.05, 4.69) is 5.32 Å². The highest BCUT2D eigenvalue weighted by Gasteiger charge is 2.31. The molecule has 0 fully saturated rings. The fourth-order valence-corrected chi connectivity index (χ4v) is 3.17. The van der Waals surface area contributed by atoms with Gasteiger partial charge in [0.25, 0.3) is 0 Å². The Bertz CT molecular complexity index is 851. The Hall–Kier alpha value is -2.38. The van der Waals surface area contributed by atoms with E-state index in [-0.39, 0.29) is 12.6 Å². The smallest absolute Gasteiger partial charge is 0.243 e. The van der Waals surface area contributed by atoms with Crippen LogP contribution in [0.1, 0.15) is 24.1 Å². The van der Waals surface area contributed by atoms with Crippen molar-refractivity contribution in [2.75, 3.05) is 19.9 Å². The molecule has 1 N–H and O–H groups in total. The number of aryl methyl sites for hydroxylation is 1. The van der Waals surface area contributed by atoms with Crippen molar-refractivity contribution in [1.82, 2.24) is 9.62 Å². The van der Waals surface area contributed by atoms with Crippen LogP contribution in [0.3, 0.4) is 0 Å². The van der Waals surface area contributed by atoms with Gasteiger partial charge >= 0.3 is 0 Å². The summed E-state index contributed by atoms with van der Waals surface area (Å²) in [7, 11) is -2.15. The molecule has 0 bridgehead atoms. The molecule has 27 heavy (non-hydrogen) atoms. The highest BCUT2D eigenvalue weighted by Crippen LogP contribution is 2.22. The van der Waals surface area contributed by atoms with Crippen LogP contribution in [-0.2, 0) is 14.8 Å². The number of rotatable bonds is 8. The fraction of sp³-hybridized carbons (Fsp3) is 0.350. The molecular weight excluding hydrogens is 364 g/mol. The molecule has 0 aliphatic heterocycles. The number of benzene rings is 2. The summed E-state index contributed by atoms with van der Waals surface area (Å²) >= 11 is 0. The number of ether oxygens (including phenoxy) is 1. The Balaban J connectivity index is 2.07. The number of likely N-dealkylation sites (N-methyl/N-ethyl adjacent to an activating group) is 1. The molecule has 1 amide bonds. The average molecular weight is 391 g/mol. The molecule has 0 saturated heterocycles. The highest BCUT2D eigenvalue weighted by molar-refractivity contribution is 7.88. The summed E-state index contributed by atoms with van der Waals surface area (Å²) in [6.45, 7) is 4.09. The zero-order valence-electron chi connectivity index (χ0n) is 16.0. The molecule has 0 unspecified atom stereocenters. The van der Waals surface area contributed by atoms with Crippen molar-refractivity contribution in [3.63, 3.8) is 0 Å². The second kappa shape index (κ2) is 9.01. The predicted molar refractivity (Wildman–Crippen MR) is 106 cm³/mol. The molecule has 2 aromatic carbocycles. The largest absolute Gasteiger partial charge is 0.491 e. The first kappa shape index (κ1) is 20.9. The number of carbonyl (C=O) groups is 1. The summed E-state index contributed by atoms with van der Waals surface area (Å²) in [5.41, 5.74) is 1.74. The van der Waals surface area contributed by atoms with E-state index >= 15 is 0 Å². The van der Waals surface area contributed by atoms with Gasteiger partial charge in [0, 0.05) is 7.05 Å². The molecular formula is C20H26N2O4S. The average Bonchev–Trinajstić information content (AvgIpc) is 2.61. The highest BCUT2D eigenvalue weighted by atomic mass is 32.2. The maximum Gasteiger partial charge on any atom is 0.243 e. The van der Waals surface area contributed by atoms with Gasteiger partial charge in [0.1, 0.15) is 18.4 Å². The summed E-state index contributed by atoms with van der Waals surface area (Å²) in [6.07, 6.45) is 1.08. The zero-order chi connectivity index (χ0) is 20.0. The van der Waals surface area contributed by atoms with Crippen LogP contribution in [0.4, 0.5) is 0 Å². The van der Waals surface area contributed by atoms with Crippen LogP contribution in [0, 0.1) is 6.92 Å². The lowest BCUT2D eigenvalue weighted by molar-refractivity contribution is -0.125. The summed E-state index contributed by atoms with van der Waals surface area (Å²) in [5.74, 6) is 0.323. The van der Waals surface area contributed by atoms with Gasteiger partial charge in [0.2, 0.25) is 15.9 Å². The lowest BCUT2D eigenvalue weighted by atomic mass is 10.1. The second-order valence-corrected chi connectivity index (χ2v) is 8.67. The fourth-order valence-electron chi connectivity index (χ4n) is 2.57.